The number of aryl methyl sites for hydroxylation is 2. The van der Waals surface area contributed by atoms with Crippen LogP contribution in [-0.2, 0) is 16.1 Å². The molecule has 0 unspecified atom stereocenters. The van der Waals surface area contributed by atoms with E-state index in [1.54, 1.807) is 6.20 Å². The van der Waals surface area contributed by atoms with Gasteiger partial charge in [-0.2, -0.15) is 0 Å². The predicted octanol–water partition coefficient (Wildman–Crippen LogP) is 2.68. The number of amides is 1. The van der Waals surface area contributed by atoms with Crippen molar-refractivity contribution in [1.82, 2.24) is 14.9 Å². The van der Waals surface area contributed by atoms with E-state index in [-0.39, 0.29) is 17.6 Å². The lowest BCUT2D eigenvalue weighted by Crippen LogP contribution is -2.67. The largest absolute Gasteiger partial charge is 0.373 e. The van der Waals surface area contributed by atoms with Crippen LogP contribution in [0.5, 0.6) is 0 Å². The number of hydrogen-bond donors (Lipinski definition) is 0. The van der Waals surface area contributed by atoms with Crippen LogP contribution in [0.15, 0.2) is 36.7 Å². The second-order valence-corrected chi connectivity index (χ2v) is 7.62. The van der Waals surface area contributed by atoms with Crippen LogP contribution in [0, 0.1) is 13.8 Å². The number of carbonyl (C=O) groups is 1. The Balaban J connectivity index is 1.33. The third-order valence-electron chi connectivity index (χ3n) is 5.23. The fourth-order valence-corrected chi connectivity index (χ4v) is 3.98. The first-order valence-corrected chi connectivity index (χ1v) is 9.42. The lowest BCUT2D eigenvalue weighted by Gasteiger charge is -2.53. The molecule has 4 rings (SSSR count). The van der Waals surface area contributed by atoms with Crippen LogP contribution >= 0.6 is 0 Å². The Morgan fingerprint density at radius 3 is 2.81 bits per heavy atom. The molecule has 0 saturated carbocycles. The molecule has 6 nitrogen and oxygen atoms in total. The Morgan fingerprint density at radius 2 is 2.11 bits per heavy atom. The molecule has 0 aliphatic carbocycles. The van der Waals surface area contributed by atoms with E-state index in [0.717, 1.165) is 29.8 Å². The first-order valence-electron chi connectivity index (χ1n) is 9.42. The van der Waals surface area contributed by atoms with E-state index in [9.17, 15) is 4.79 Å². The molecule has 2 aromatic heterocycles. The van der Waals surface area contributed by atoms with E-state index in [0.29, 0.717) is 31.9 Å². The van der Waals surface area contributed by atoms with Crippen molar-refractivity contribution in [1.29, 1.82) is 0 Å². The lowest BCUT2D eigenvalue weighted by atomic mass is 9.84. The monoisotopic (exact) mass is 367 g/mol. The third-order valence-corrected chi connectivity index (χ3v) is 5.23. The average molecular weight is 367 g/mol. The van der Waals surface area contributed by atoms with Gasteiger partial charge in [-0.15, -0.1) is 0 Å². The molecule has 2 saturated heterocycles. The van der Waals surface area contributed by atoms with Crippen molar-refractivity contribution in [3.05, 3.63) is 59.2 Å². The Kier molecular flexibility index (Phi) is 4.93. The molecule has 6 heteroatoms. The molecule has 1 spiro atoms. The smallest absolute Gasteiger partial charge is 0.254 e. The van der Waals surface area contributed by atoms with E-state index < -0.39 is 0 Å². The summed E-state index contributed by atoms with van der Waals surface area (Å²) in [5.74, 6) is 0.0521. The van der Waals surface area contributed by atoms with E-state index in [1.165, 1.54) is 0 Å². The number of nitrogens with zero attached hydrogens (tertiary/aromatic N) is 3. The van der Waals surface area contributed by atoms with Gasteiger partial charge in [-0.05, 0) is 44.0 Å². The first-order chi connectivity index (χ1) is 13.0. The van der Waals surface area contributed by atoms with Gasteiger partial charge in [-0.1, -0.05) is 6.07 Å². The van der Waals surface area contributed by atoms with Crippen LogP contribution in [0.3, 0.4) is 0 Å². The average Bonchev–Trinajstić information content (AvgIpc) is 2.64. The van der Waals surface area contributed by atoms with Crippen molar-refractivity contribution in [2.75, 3.05) is 19.7 Å². The fraction of sp³-hybridized carbons (Fsp3) is 0.476. The standard InChI is InChI=1S/C21H25N3O3/c1-15-8-18(9-16(2)23-15)20(25)24-13-21(14-24)10-19(5-7-27-21)26-12-17-4-3-6-22-11-17/h3-4,6,8-9,11,19H,5,7,10,12-14H2,1-2H3/t19-/m0/s1. The van der Waals surface area contributed by atoms with E-state index in [1.807, 2.05) is 49.2 Å². The summed E-state index contributed by atoms with van der Waals surface area (Å²) in [6.45, 7) is 6.31. The Labute approximate surface area is 159 Å². The highest BCUT2D eigenvalue weighted by Gasteiger charge is 2.49. The molecular weight excluding hydrogens is 342 g/mol. The molecular formula is C21H25N3O3. The van der Waals surface area contributed by atoms with Gasteiger partial charge in [0.25, 0.3) is 5.91 Å². The zero-order valence-corrected chi connectivity index (χ0v) is 15.9. The second-order valence-electron chi connectivity index (χ2n) is 7.62. The highest BCUT2D eigenvalue weighted by molar-refractivity contribution is 5.95. The van der Waals surface area contributed by atoms with Crippen LogP contribution in [0.4, 0.5) is 0 Å². The molecule has 0 radical (unpaired) electrons. The maximum atomic E-state index is 12.8. The van der Waals surface area contributed by atoms with E-state index in [2.05, 4.69) is 9.97 Å². The summed E-state index contributed by atoms with van der Waals surface area (Å²) in [4.78, 5) is 23.1. The number of ether oxygens (including phenoxy) is 2. The molecule has 2 fully saturated rings. The Hall–Kier alpha value is -2.31. The molecule has 0 aromatic carbocycles. The minimum absolute atomic E-state index is 0.0521. The van der Waals surface area contributed by atoms with Gasteiger partial charge >= 0.3 is 0 Å². The Morgan fingerprint density at radius 1 is 1.33 bits per heavy atom. The van der Waals surface area contributed by atoms with Gasteiger partial charge < -0.3 is 14.4 Å². The van der Waals surface area contributed by atoms with Gasteiger partial charge in [0, 0.05) is 42.4 Å². The molecule has 2 aliphatic rings. The number of aromatic nitrogens is 2. The highest BCUT2D eigenvalue weighted by Crippen LogP contribution is 2.36. The summed E-state index contributed by atoms with van der Waals surface area (Å²) < 4.78 is 12.1. The predicted molar refractivity (Wildman–Crippen MR) is 100 cm³/mol. The summed E-state index contributed by atoms with van der Waals surface area (Å²) in [5, 5.41) is 0. The number of rotatable bonds is 4. The Bertz CT molecular complexity index is 798. The van der Waals surface area contributed by atoms with Crippen LogP contribution in [0.1, 0.15) is 40.2 Å². The van der Waals surface area contributed by atoms with Crippen molar-refractivity contribution in [3.63, 3.8) is 0 Å². The van der Waals surface area contributed by atoms with Crippen molar-refractivity contribution in [2.45, 2.75) is 45.0 Å². The van der Waals surface area contributed by atoms with Crippen LogP contribution in [0.2, 0.25) is 0 Å². The fourth-order valence-electron chi connectivity index (χ4n) is 3.98. The summed E-state index contributed by atoms with van der Waals surface area (Å²) in [6, 6.07) is 7.64. The zero-order valence-electron chi connectivity index (χ0n) is 15.9. The van der Waals surface area contributed by atoms with Gasteiger partial charge in [-0.3, -0.25) is 14.8 Å². The SMILES string of the molecule is Cc1cc(C(=O)N2CC3(C[C@@H](OCc4cccnc4)CCO3)C2)cc(C)n1. The summed E-state index contributed by atoms with van der Waals surface area (Å²) in [6.07, 6.45) is 5.46. The highest BCUT2D eigenvalue weighted by atomic mass is 16.5. The van der Waals surface area contributed by atoms with Gasteiger partial charge in [0.15, 0.2) is 0 Å². The van der Waals surface area contributed by atoms with Gasteiger partial charge in [0.05, 0.1) is 25.8 Å². The summed E-state index contributed by atoms with van der Waals surface area (Å²) >= 11 is 0. The van der Waals surface area contributed by atoms with E-state index in [4.69, 9.17) is 9.47 Å². The minimum atomic E-state index is -0.259. The van der Waals surface area contributed by atoms with Crippen molar-refractivity contribution in [2.24, 2.45) is 0 Å². The van der Waals surface area contributed by atoms with Crippen molar-refractivity contribution < 1.29 is 14.3 Å². The first kappa shape index (κ1) is 18.1. The summed E-state index contributed by atoms with van der Waals surface area (Å²) in [5.41, 5.74) is 3.25. The van der Waals surface area contributed by atoms with Crippen LogP contribution in [0.25, 0.3) is 0 Å². The second kappa shape index (κ2) is 7.37. The number of hydrogen-bond acceptors (Lipinski definition) is 5. The molecule has 142 valence electrons. The normalized spacial score (nSPS) is 21.1. The van der Waals surface area contributed by atoms with Crippen molar-refractivity contribution >= 4 is 5.91 Å². The van der Waals surface area contributed by atoms with Crippen molar-refractivity contribution in [3.8, 4) is 0 Å². The van der Waals surface area contributed by atoms with E-state index >= 15 is 0 Å². The van der Waals surface area contributed by atoms with Crippen LogP contribution in [-0.4, -0.2) is 52.2 Å². The molecule has 1 amide bonds. The number of likely N-dealkylation sites (tertiary alicyclic amines) is 1. The molecule has 2 aliphatic heterocycles. The van der Waals surface area contributed by atoms with Crippen LogP contribution < -0.4 is 0 Å². The molecule has 1 atom stereocenters. The van der Waals surface area contributed by atoms with Gasteiger partial charge in [-0.25, -0.2) is 0 Å². The maximum Gasteiger partial charge on any atom is 0.254 e. The number of carbonyl (C=O) groups excluding carboxylic acids is 1. The lowest BCUT2D eigenvalue weighted by molar-refractivity contribution is -0.188. The number of pyridine rings is 2. The quantitative estimate of drug-likeness (QED) is 0.831. The molecule has 0 N–H and O–H groups in total. The van der Waals surface area contributed by atoms with Gasteiger partial charge in [0.1, 0.15) is 5.60 Å². The molecule has 27 heavy (non-hydrogen) atoms. The zero-order chi connectivity index (χ0) is 18.9. The molecule has 0 bridgehead atoms. The minimum Gasteiger partial charge on any atom is -0.373 e. The molecule has 2 aromatic rings. The topological polar surface area (TPSA) is 64.6 Å². The van der Waals surface area contributed by atoms with Gasteiger partial charge in [0.2, 0.25) is 0 Å². The third kappa shape index (κ3) is 4.01. The maximum absolute atomic E-state index is 12.8. The molecule has 4 heterocycles. The summed E-state index contributed by atoms with van der Waals surface area (Å²) in [7, 11) is 0.